The summed E-state index contributed by atoms with van der Waals surface area (Å²) in [7, 11) is 0. The zero-order chi connectivity index (χ0) is 6.53. The summed E-state index contributed by atoms with van der Waals surface area (Å²) in [6.45, 7) is 3.60. The molecule has 1 heteroatoms. The van der Waals surface area contributed by atoms with Crippen LogP contribution in [0.4, 0.5) is 0 Å². The van der Waals surface area contributed by atoms with E-state index in [1.54, 1.807) is 6.08 Å². The third-order valence-electron chi connectivity index (χ3n) is 1.11. The molecule has 0 radical (unpaired) electrons. The molecule has 0 unspecified atom stereocenters. The third-order valence-corrected chi connectivity index (χ3v) is 1.11. The molecular weight excluding hydrogens is 115 g/mol. The van der Waals surface area contributed by atoms with Gasteiger partial charge in [-0.3, -0.25) is 0 Å². The van der Waals surface area contributed by atoms with Gasteiger partial charge in [0.1, 0.15) is 0 Å². The van der Waals surface area contributed by atoms with Crippen LogP contribution in [0.3, 0.4) is 0 Å². The first-order chi connectivity index (χ1) is 4.43. The van der Waals surface area contributed by atoms with Crippen LogP contribution in [-0.4, -0.2) is 0 Å². The van der Waals surface area contributed by atoms with Crippen molar-refractivity contribution in [1.82, 2.24) is 0 Å². The van der Waals surface area contributed by atoms with Gasteiger partial charge in [-0.1, -0.05) is 30.3 Å². The molecule has 0 fully saturated rings. The molecule has 0 heterocycles. The maximum atomic E-state index is 3.60. The first kappa shape index (κ1) is 9.43. The SMILES string of the molecule is [CH2-]/C=C/c1ccccc1.[Li+]. The third kappa shape index (κ3) is 2.82. The largest absolute Gasteiger partial charge is 1.00 e. The van der Waals surface area contributed by atoms with Crippen LogP contribution in [-0.2, 0) is 0 Å². The Balaban J connectivity index is 0.000000810. The van der Waals surface area contributed by atoms with Gasteiger partial charge in [0.05, 0.1) is 0 Å². The molecule has 0 aliphatic heterocycles. The zero-order valence-electron chi connectivity index (χ0n) is 6.25. The second-order valence-corrected chi connectivity index (χ2v) is 1.81. The Morgan fingerprint density at radius 1 is 1.10 bits per heavy atom. The molecule has 1 rings (SSSR count). The summed E-state index contributed by atoms with van der Waals surface area (Å²) in [6.07, 6.45) is 3.76. The Morgan fingerprint density at radius 2 is 1.70 bits per heavy atom. The van der Waals surface area contributed by atoms with Crippen molar-refractivity contribution in [2.75, 3.05) is 0 Å². The van der Waals surface area contributed by atoms with E-state index in [1.807, 2.05) is 36.4 Å². The fourth-order valence-corrected chi connectivity index (χ4v) is 0.700. The fourth-order valence-electron chi connectivity index (χ4n) is 0.700. The van der Waals surface area contributed by atoms with E-state index >= 15 is 0 Å². The molecule has 0 saturated carbocycles. The molecule has 0 bridgehead atoms. The molecule has 0 aliphatic rings. The molecule has 0 spiro atoms. The molecule has 10 heavy (non-hydrogen) atoms. The number of rotatable bonds is 1. The summed E-state index contributed by atoms with van der Waals surface area (Å²) in [5.74, 6) is 0. The first-order valence-electron chi connectivity index (χ1n) is 2.94. The van der Waals surface area contributed by atoms with Crippen LogP contribution in [0.5, 0.6) is 0 Å². The van der Waals surface area contributed by atoms with Gasteiger partial charge >= 0.3 is 18.9 Å². The quantitative estimate of drug-likeness (QED) is 0.351. The molecule has 0 aliphatic carbocycles. The van der Waals surface area contributed by atoms with Gasteiger partial charge in [-0.15, -0.1) is 5.56 Å². The number of hydrogen-bond acceptors (Lipinski definition) is 0. The summed E-state index contributed by atoms with van der Waals surface area (Å²) in [4.78, 5) is 0. The summed E-state index contributed by atoms with van der Waals surface area (Å²) < 4.78 is 0. The van der Waals surface area contributed by atoms with Crippen molar-refractivity contribution in [2.24, 2.45) is 0 Å². The second-order valence-electron chi connectivity index (χ2n) is 1.81. The van der Waals surface area contributed by atoms with E-state index in [-0.39, 0.29) is 18.9 Å². The van der Waals surface area contributed by atoms with E-state index in [4.69, 9.17) is 0 Å². The van der Waals surface area contributed by atoms with E-state index < -0.39 is 0 Å². The Morgan fingerprint density at radius 3 is 2.20 bits per heavy atom. The van der Waals surface area contributed by atoms with Crippen LogP contribution >= 0.6 is 0 Å². The van der Waals surface area contributed by atoms with E-state index in [9.17, 15) is 0 Å². The topological polar surface area (TPSA) is 0 Å². The minimum Gasteiger partial charge on any atom is -0.245 e. The van der Waals surface area contributed by atoms with Crippen molar-refractivity contribution in [3.05, 3.63) is 48.9 Å². The fraction of sp³-hybridized carbons (Fsp3) is 0. The van der Waals surface area contributed by atoms with Crippen molar-refractivity contribution in [1.29, 1.82) is 0 Å². The summed E-state index contributed by atoms with van der Waals surface area (Å²) in [6, 6.07) is 10.1. The molecule has 0 atom stereocenters. The van der Waals surface area contributed by atoms with Crippen molar-refractivity contribution in [3.63, 3.8) is 0 Å². The minimum absolute atomic E-state index is 0. The maximum Gasteiger partial charge on any atom is 1.00 e. The Kier molecular flexibility index (Phi) is 4.93. The smallest absolute Gasteiger partial charge is 0.245 e. The molecule has 0 nitrogen and oxygen atoms in total. The van der Waals surface area contributed by atoms with Gasteiger partial charge in [-0.05, 0) is 0 Å². The van der Waals surface area contributed by atoms with Crippen molar-refractivity contribution in [3.8, 4) is 0 Å². The van der Waals surface area contributed by atoms with Crippen molar-refractivity contribution >= 4 is 6.08 Å². The normalized spacial score (nSPS) is 9.20. The number of allylic oxidation sites excluding steroid dienone is 1. The molecule has 1 aromatic rings. The number of hydrogen-bond donors (Lipinski definition) is 0. The average molecular weight is 124 g/mol. The maximum absolute atomic E-state index is 3.60. The van der Waals surface area contributed by atoms with Gasteiger partial charge in [0, 0.05) is 0 Å². The second kappa shape index (κ2) is 5.23. The van der Waals surface area contributed by atoms with Crippen molar-refractivity contribution < 1.29 is 18.9 Å². The van der Waals surface area contributed by atoms with Gasteiger partial charge in [0.15, 0.2) is 0 Å². The van der Waals surface area contributed by atoms with Gasteiger partial charge in [0.25, 0.3) is 0 Å². The van der Waals surface area contributed by atoms with Crippen LogP contribution in [0.15, 0.2) is 36.4 Å². The Labute approximate surface area is 74.1 Å². The predicted molar refractivity (Wildman–Crippen MR) is 40.8 cm³/mol. The van der Waals surface area contributed by atoms with Gasteiger partial charge in [-0.25, -0.2) is 19.1 Å². The van der Waals surface area contributed by atoms with E-state index in [1.165, 1.54) is 5.56 Å². The minimum atomic E-state index is 0. The van der Waals surface area contributed by atoms with Gasteiger partial charge in [0.2, 0.25) is 0 Å². The predicted octanol–water partition coefficient (Wildman–Crippen LogP) is -0.462. The van der Waals surface area contributed by atoms with Crippen LogP contribution in [0.1, 0.15) is 5.56 Å². The zero-order valence-corrected chi connectivity index (χ0v) is 6.25. The molecule has 46 valence electrons. The molecular formula is C9H9Li. The molecule has 1 aromatic carbocycles. The van der Waals surface area contributed by atoms with Crippen LogP contribution in [0.25, 0.3) is 6.08 Å². The first-order valence-corrected chi connectivity index (χ1v) is 2.94. The monoisotopic (exact) mass is 124 g/mol. The van der Waals surface area contributed by atoms with Gasteiger partial charge < -0.3 is 0 Å². The van der Waals surface area contributed by atoms with Crippen LogP contribution in [0.2, 0.25) is 0 Å². The van der Waals surface area contributed by atoms with E-state index in [0.29, 0.717) is 0 Å². The standard InChI is InChI=1S/C9H9.Li/c1-2-6-9-7-4-3-5-8-9;/h2-8H,1H2;/q-1;+1/b6-2+;. The molecule has 0 amide bonds. The summed E-state index contributed by atoms with van der Waals surface area (Å²) >= 11 is 0. The Bertz CT molecular complexity index is 189. The Hall–Kier alpha value is -0.573. The van der Waals surface area contributed by atoms with Crippen LogP contribution in [0, 0.1) is 6.92 Å². The molecule has 0 saturated heterocycles. The molecule has 0 aromatic heterocycles. The van der Waals surface area contributed by atoms with Gasteiger partial charge in [-0.2, -0.15) is 0 Å². The summed E-state index contributed by atoms with van der Waals surface area (Å²) in [5, 5.41) is 0. The van der Waals surface area contributed by atoms with E-state index in [2.05, 4.69) is 6.92 Å². The van der Waals surface area contributed by atoms with E-state index in [0.717, 1.165) is 0 Å². The van der Waals surface area contributed by atoms with Crippen molar-refractivity contribution in [2.45, 2.75) is 0 Å². The van der Waals surface area contributed by atoms with Crippen LogP contribution < -0.4 is 18.9 Å². The number of benzene rings is 1. The summed E-state index contributed by atoms with van der Waals surface area (Å²) in [5.41, 5.74) is 1.20. The molecule has 0 N–H and O–H groups in total. The average Bonchev–Trinajstić information content (AvgIpc) is 1.91.